The molecule has 3 heterocycles. The van der Waals surface area contributed by atoms with Crippen molar-refractivity contribution in [2.75, 3.05) is 11.9 Å². The van der Waals surface area contributed by atoms with Crippen molar-refractivity contribution in [1.29, 1.82) is 0 Å². The Balaban J connectivity index is 1.82. The number of hydrogen-bond donors (Lipinski definition) is 3. The fraction of sp³-hybridized carbons (Fsp3) is 0.429. The van der Waals surface area contributed by atoms with Gasteiger partial charge in [0.25, 0.3) is 5.91 Å². The van der Waals surface area contributed by atoms with Crippen molar-refractivity contribution >= 4 is 11.7 Å². The highest BCUT2D eigenvalue weighted by atomic mass is 19.3. The second-order valence-corrected chi connectivity index (χ2v) is 5.69. The van der Waals surface area contributed by atoms with Gasteiger partial charge in [-0.2, -0.15) is 18.9 Å². The van der Waals surface area contributed by atoms with Gasteiger partial charge in [0.2, 0.25) is 6.23 Å². The summed E-state index contributed by atoms with van der Waals surface area (Å²) in [4.78, 5) is 27.6. The molecule has 1 aliphatic heterocycles. The number of nitrogens with zero attached hydrogens (tertiary/aromatic N) is 4. The van der Waals surface area contributed by atoms with Crippen LogP contribution in [0, 0.1) is 0 Å². The summed E-state index contributed by atoms with van der Waals surface area (Å²) in [6.45, 7) is -0.839. The first-order valence-corrected chi connectivity index (χ1v) is 7.45. The van der Waals surface area contributed by atoms with E-state index in [2.05, 4.69) is 15.4 Å². The summed E-state index contributed by atoms with van der Waals surface area (Å²) in [7, 11) is 1.62. The van der Waals surface area contributed by atoms with Gasteiger partial charge in [-0.1, -0.05) is 0 Å². The maximum atomic E-state index is 14.1. The smallest absolute Gasteiger partial charge is 0.351 e. The number of rotatable bonds is 4. The quantitative estimate of drug-likeness (QED) is 0.636. The van der Waals surface area contributed by atoms with Crippen LogP contribution in [0.3, 0.4) is 0 Å². The molecule has 2 aromatic rings. The monoisotopic (exact) mass is 371 g/mol. The number of carbonyl (C=O) groups excluding carboxylic acids is 1. The molecule has 12 heteroatoms. The number of carbonyl (C=O) groups is 1. The van der Waals surface area contributed by atoms with Gasteiger partial charge in [0.05, 0.1) is 18.4 Å². The Morgan fingerprint density at radius 2 is 2.23 bits per heavy atom. The third kappa shape index (κ3) is 3.09. The van der Waals surface area contributed by atoms with Crippen molar-refractivity contribution < 1.29 is 28.5 Å². The first kappa shape index (κ1) is 18.1. The van der Waals surface area contributed by atoms with Crippen LogP contribution in [-0.4, -0.2) is 60.2 Å². The molecule has 0 aliphatic carbocycles. The summed E-state index contributed by atoms with van der Waals surface area (Å²) >= 11 is 0. The fourth-order valence-corrected chi connectivity index (χ4v) is 2.51. The molecule has 1 saturated heterocycles. The Kier molecular flexibility index (Phi) is 4.56. The van der Waals surface area contributed by atoms with Crippen molar-refractivity contribution in [3.63, 3.8) is 0 Å². The number of aryl methyl sites for hydroxylation is 1. The summed E-state index contributed by atoms with van der Waals surface area (Å²) in [5.74, 6) is -4.54. The topological polar surface area (TPSA) is 132 Å². The van der Waals surface area contributed by atoms with E-state index >= 15 is 0 Å². The number of alkyl halides is 2. The highest BCUT2D eigenvalue weighted by Crippen LogP contribution is 2.41. The molecule has 3 atom stereocenters. The Morgan fingerprint density at radius 3 is 2.77 bits per heavy atom. The van der Waals surface area contributed by atoms with Crippen LogP contribution >= 0.6 is 0 Å². The molecular formula is C14H15F2N5O5. The lowest BCUT2D eigenvalue weighted by atomic mass is 10.1. The van der Waals surface area contributed by atoms with E-state index in [1.807, 2.05) is 0 Å². The Morgan fingerprint density at radius 1 is 1.50 bits per heavy atom. The minimum Gasteiger partial charge on any atom is -0.394 e. The average molecular weight is 371 g/mol. The van der Waals surface area contributed by atoms with Gasteiger partial charge in [-0.15, -0.1) is 0 Å². The SMILES string of the molecule is Cn1cc(C(=O)Nc2ccn([C@@H]3O[C@H](CO)[C@@H](O)C3(F)F)c(=O)n2)cn1. The van der Waals surface area contributed by atoms with Crippen molar-refractivity contribution in [3.05, 3.63) is 40.7 Å². The standard InChI is InChI=1S/C14H15F2N5O5/c1-20-5-7(4-17-20)11(24)18-9-2-3-21(13(25)19-9)12-14(15,16)10(23)8(6-22)26-12/h2-5,8,10,12,22-23H,6H2,1H3,(H,18,19,24,25)/t8-,10-,12-/m1/s1. The molecule has 1 amide bonds. The first-order chi connectivity index (χ1) is 12.2. The summed E-state index contributed by atoms with van der Waals surface area (Å²) in [6, 6.07) is 1.13. The minimum absolute atomic E-state index is 0.152. The van der Waals surface area contributed by atoms with Crippen LogP contribution in [-0.2, 0) is 11.8 Å². The lowest BCUT2D eigenvalue weighted by molar-refractivity contribution is -0.140. The zero-order valence-electron chi connectivity index (χ0n) is 13.4. The summed E-state index contributed by atoms with van der Waals surface area (Å²) in [5, 5.41) is 24.7. The highest BCUT2D eigenvalue weighted by molar-refractivity contribution is 6.03. The molecule has 10 nitrogen and oxygen atoms in total. The van der Waals surface area contributed by atoms with E-state index in [9.17, 15) is 23.5 Å². The highest BCUT2D eigenvalue weighted by Gasteiger charge is 2.59. The number of ether oxygens (including phenoxy) is 1. The van der Waals surface area contributed by atoms with Crippen LogP contribution in [0.25, 0.3) is 0 Å². The van der Waals surface area contributed by atoms with Gasteiger partial charge >= 0.3 is 11.6 Å². The molecule has 0 spiro atoms. The third-order valence-corrected chi connectivity index (χ3v) is 3.85. The fourth-order valence-electron chi connectivity index (χ4n) is 2.51. The van der Waals surface area contributed by atoms with Gasteiger partial charge in [-0.25, -0.2) is 4.79 Å². The largest absolute Gasteiger partial charge is 0.394 e. The summed E-state index contributed by atoms with van der Waals surface area (Å²) < 4.78 is 34.9. The molecular weight excluding hydrogens is 356 g/mol. The molecule has 26 heavy (non-hydrogen) atoms. The average Bonchev–Trinajstić information content (AvgIpc) is 3.11. The maximum Gasteiger partial charge on any atom is 0.351 e. The maximum absolute atomic E-state index is 14.1. The van der Waals surface area contributed by atoms with E-state index < -0.39 is 42.6 Å². The Labute approximate surface area is 144 Å². The van der Waals surface area contributed by atoms with Gasteiger partial charge in [0.15, 0.2) is 6.10 Å². The van der Waals surface area contributed by atoms with Crippen LogP contribution < -0.4 is 11.0 Å². The van der Waals surface area contributed by atoms with Gasteiger partial charge < -0.3 is 20.3 Å². The van der Waals surface area contributed by atoms with Crippen LogP contribution in [0.15, 0.2) is 29.5 Å². The van der Waals surface area contributed by atoms with Gasteiger partial charge in [0, 0.05) is 19.4 Å². The summed E-state index contributed by atoms with van der Waals surface area (Å²) in [5.41, 5.74) is -0.900. The zero-order chi connectivity index (χ0) is 19.1. The molecule has 140 valence electrons. The van der Waals surface area contributed by atoms with Crippen molar-refractivity contribution in [3.8, 4) is 0 Å². The number of amides is 1. The molecule has 3 rings (SSSR count). The first-order valence-electron chi connectivity index (χ1n) is 7.45. The van der Waals surface area contributed by atoms with Crippen molar-refractivity contribution in [2.24, 2.45) is 7.05 Å². The zero-order valence-corrected chi connectivity index (χ0v) is 13.4. The van der Waals surface area contributed by atoms with Crippen molar-refractivity contribution in [2.45, 2.75) is 24.4 Å². The minimum atomic E-state index is -3.81. The second kappa shape index (κ2) is 6.55. The molecule has 0 saturated carbocycles. The number of aliphatic hydroxyl groups is 2. The van der Waals surface area contributed by atoms with E-state index in [4.69, 9.17) is 9.84 Å². The number of aromatic nitrogens is 4. The molecule has 1 fully saturated rings. The van der Waals surface area contributed by atoms with E-state index in [0.29, 0.717) is 4.57 Å². The van der Waals surface area contributed by atoms with Gasteiger partial charge in [0.1, 0.15) is 11.9 Å². The van der Waals surface area contributed by atoms with Crippen LogP contribution in [0.4, 0.5) is 14.6 Å². The van der Waals surface area contributed by atoms with E-state index in [-0.39, 0.29) is 11.4 Å². The number of anilines is 1. The molecule has 1 aliphatic rings. The molecule has 0 aromatic carbocycles. The number of hydrogen-bond acceptors (Lipinski definition) is 7. The Hall–Kier alpha value is -2.70. The van der Waals surface area contributed by atoms with Crippen LogP contribution in [0.2, 0.25) is 0 Å². The predicted molar refractivity (Wildman–Crippen MR) is 81.6 cm³/mol. The lowest BCUT2D eigenvalue weighted by Crippen LogP contribution is -2.41. The predicted octanol–water partition coefficient (Wildman–Crippen LogP) is -0.885. The molecule has 2 aromatic heterocycles. The van der Waals surface area contributed by atoms with Crippen molar-refractivity contribution in [1.82, 2.24) is 19.3 Å². The number of aliphatic hydroxyl groups excluding tert-OH is 2. The number of halogens is 2. The molecule has 3 N–H and O–H groups in total. The van der Waals surface area contributed by atoms with Crippen LogP contribution in [0.5, 0.6) is 0 Å². The molecule has 0 radical (unpaired) electrons. The lowest BCUT2D eigenvalue weighted by Gasteiger charge is -2.21. The number of nitrogens with one attached hydrogen (secondary N) is 1. The Bertz CT molecular complexity index is 883. The van der Waals surface area contributed by atoms with E-state index in [1.54, 1.807) is 7.05 Å². The molecule has 0 unspecified atom stereocenters. The normalized spacial score (nSPS) is 24.6. The second-order valence-electron chi connectivity index (χ2n) is 5.69. The van der Waals surface area contributed by atoms with Crippen LogP contribution in [0.1, 0.15) is 16.6 Å². The van der Waals surface area contributed by atoms with Gasteiger partial charge in [-0.3, -0.25) is 14.0 Å². The third-order valence-electron chi connectivity index (χ3n) is 3.85. The summed E-state index contributed by atoms with van der Waals surface area (Å²) in [6.07, 6.45) is -2.22. The van der Waals surface area contributed by atoms with E-state index in [0.717, 1.165) is 12.3 Å². The molecule has 0 bridgehead atoms. The van der Waals surface area contributed by atoms with Gasteiger partial charge in [-0.05, 0) is 6.07 Å². The van der Waals surface area contributed by atoms with E-state index in [1.165, 1.54) is 17.1 Å².